The number of carboxylic acid groups (broad SMARTS) is 1. The normalized spacial score (nSPS) is 11.2. The highest BCUT2D eigenvalue weighted by Crippen LogP contribution is 2.06. The molecule has 0 saturated carbocycles. The summed E-state index contributed by atoms with van der Waals surface area (Å²) in [4.78, 5) is 21.3. The molecule has 0 aliphatic heterocycles. The predicted molar refractivity (Wildman–Crippen MR) is 66.3 cm³/mol. The number of aromatic nitrogens is 2. The van der Waals surface area contributed by atoms with Gasteiger partial charge in [0.2, 0.25) is 10.0 Å². The fraction of sp³-hybridized carbons (Fsp3) is 0.500. The highest BCUT2D eigenvalue weighted by molar-refractivity contribution is 7.89. The van der Waals surface area contributed by atoms with Crippen molar-refractivity contribution >= 4 is 22.0 Å². The van der Waals surface area contributed by atoms with E-state index in [4.69, 9.17) is 5.11 Å². The molecule has 1 rings (SSSR count). The maximum absolute atomic E-state index is 11.8. The monoisotopic (exact) mass is 305 g/mol. The van der Waals surface area contributed by atoms with Crippen molar-refractivity contribution in [2.45, 2.75) is 24.8 Å². The molecule has 0 aliphatic carbocycles. The molecule has 0 fully saturated rings. The highest BCUT2D eigenvalue weighted by atomic mass is 32.2. The molecule has 10 heteroatoms. The van der Waals surface area contributed by atoms with Gasteiger partial charge in [0.1, 0.15) is 11.4 Å². The topological polar surface area (TPSA) is 128 Å². The number of carbonyl (C=O) groups excluding carboxylic acids is 1. The van der Waals surface area contributed by atoms with Crippen LogP contribution in [0.1, 0.15) is 13.3 Å². The summed E-state index contributed by atoms with van der Waals surface area (Å²) in [5.41, 5.74) is 0. The summed E-state index contributed by atoms with van der Waals surface area (Å²) in [6, 6.07) is 0. The number of carboxylic acids is 1. The first-order chi connectivity index (χ1) is 9.35. The van der Waals surface area contributed by atoms with E-state index in [2.05, 4.69) is 14.6 Å². The molecule has 0 unspecified atom stereocenters. The van der Waals surface area contributed by atoms with E-state index in [0.29, 0.717) is 0 Å². The summed E-state index contributed by atoms with van der Waals surface area (Å²) in [6.45, 7) is 1.34. The first kappa shape index (κ1) is 16.1. The van der Waals surface area contributed by atoms with Gasteiger partial charge in [-0.25, -0.2) is 13.1 Å². The number of carbonyl (C=O) groups is 2. The van der Waals surface area contributed by atoms with Crippen LogP contribution in [-0.2, 0) is 30.9 Å². The Morgan fingerprint density at radius 1 is 1.50 bits per heavy atom. The van der Waals surface area contributed by atoms with E-state index in [9.17, 15) is 18.0 Å². The molecular weight excluding hydrogens is 290 g/mol. The predicted octanol–water partition coefficient (Wildman–Crippen LogP) is -0.801. The zero-order chi connectivity index (χ0) is 15.2. The lowest BCUT2D eigenvalue weighted by Crippen LogP contribution is -2.26. The Bertz CT molecular complexity index is 580. The van der Waals surface area contributed by atoms with E-state index >= 15 is 0 Å². The summed E-state index contributed by atoms with van der Waals surface area (Å²) in [5.74, 6) is -1.64. The summed E-state index contributed by atoms with van der Waals surface area (Å²) < 4.78 is 31.5. The number of rotatable bonds is 8. The fourth-order valence-electron chi connectivity index (χ4n) is 1.31. The Balaban J connectivity index is 2.58. The fourth-order valence-corrected chi connectivity index (χ4v) is 2.30. The molecule has 0 radical (unpaired) electrons. The van der Waals surface area contributed by atoms with Crippen molar-refractivity contribution in [3.05, 3.63) is 12.4 Å². The van der Waals surface area contributed by atoms with Gasteiger partial charge in [0.15, 0.2) is 0 Å². The summed E-state index contributed by atoms with van der Waals surface area (Å²) in [5, 5.41) is 12.2. The highest BCUT2D eigenvalue weighted by Gasteiger charge is 2.17. The van der Waals surface area contributed by atoms with Gasteiger partial charge in [-0.3, -0.25) is 14.3 Å². The third-order valence-corrected chi connectivity index (χ3v) is 3.56. The average Bonchev–Trinajstić information content (AvgIpc) is 2.77. The molecule has 0 aliphatic rings. The lowest BCUT2D eigenvalue weighted by molar-refractivity contribution is -0.143. The second-order valence-corrected chi connectivity index (χ2v) is 5.49. The number of aliphatic carboxylic acids is 1. The van der Waals surface area contributed by atoms with Crippen LogP contribution in [0.5, 0.6) is 0 Å². The third-order valence-electron chi connectivity index (χ3n) is 2.14. The Morgan fingerprint density at radius 3 is 2.80 bits per heavy atom. The number of nitrogens with one attached hydrogen (secondary N) is 1. The zero-order valence-corrected chi connectivity index (χ0v) is 11.6. The first-order valence-corrected chi connectivity index (χ1v) is 7.23. The summed E-state index contributed by atoms with van der Waals surface area (Å²) in [6.07, 6.45) is 2.05. The van der Waals surface area contributed by atoms with E-state index in [-0.39, 0.29) is 24.5 Å². The van der Waals surface area contributed by atoms with Crippen LogP contribution in [0.3, 0.4) is 0 Å². The van der Waals surface area contributed by atoms with Gasteiger partial charge in [-0.15, -0.1) is 0 Å². The largest absolute Gasteiger partial charge is 0.480 e. The molecular formula is C10H15N3O6S. The molecule has 0 aromatic carbocycles. The van der Waals surface area contributed by atoms with Gasteiger partial charge in [0.05, 0.1) is 19.2 Å². The van der Waals surface area contributed by atoms with E-state index in [1.165, 1.54) is 0 Å². The number of hydrogen-bond donors (Lipinski definition) is 2. The van der Waals surface area contributed by atoms with Crippen molar-refractivity contribution in [1.82, 2.24) is 14.5 Å². The molecule has 1 aromatic rings. The van der Waals surface area contributed by atoms with Crippen LogP contribution >= 0.6 is 0 Å². The second-order valence-electron chi connectivity index (χ2n) is 3.72. The van der Waals surface area contributed by atoms with Gasteiger partial charge in [-0.1, -0.05) is 0 Å². The molecule has 20 heavy (non-hydrogen) atoms. The van der Waals surface area contributed by atoms with Gasteiger partial charge in [-0.05, 0) is 6.92 Å². The molecule has 0 bridgehead atoms. The maximum atomic E-state index is 11.8. The molecule has 9 nitrogen and oxygen atoms in total. The van der Waals surface area contributed by atoms with Gasteiger partial charge in [0, 0.05) is 12.7 Å². The average molecular weight is 305 g/mol. The molecule has 1 heterocycles. The van der Waals surface area contributed by atoms with Gasteiger partial charge in [-0.2, -0.15) is 5.10 Å². The van der Waals surface area contributed by atoms with Crippen LogP contribution in [0.25, 0.3) is 0 Å². The van der Waals surface area contributed by atoms with E-state index in [0.717, 1.165) is 17.1 Å². The maximum Gasteiger partial charge on any atom is 0.325 e. The molecule has 0 atom stereocenters. The third kappa shape index (κ3) is 4.97. The van der Waals surface area contributed by atoms with Crippen molar-refractivity contribution in [3.8, 4) is 0 Å². The second kappa shape index (κ2) is 7.01. The van der Waals surface area contributed by atoms with Crippen molar-refractivity contribution in [3.63, 3.8) is 0 Å². The van der Waals surface area contributed by atoms with Gasteiger partial charge < -0.3 is 9.84 Å². The number of sulfonamides is 1. The Hall–Kier alpha value is -1.94. The number of nitrogens with zero attached hydrogens (tertiary/aromatic N) is 2. The van der Waals surface area contributed by atoms with E-state index in [1.54, 1.807) is 6.92 Å². The lowest BCUT2D eigenvalue weighted by Gasteiger charge is -2.04. The molecule has 1 aromatic heterocycles. The van der Waals surface area contributed by atoms with Crippen LogP contribution in [0, 0.1) is 0 Å². The van der Waals surface area contributed by atoms with Crippen molar-refractivity contribution in [1.29, 1.82) is 0 Å². The van der Waals surface area contributed by atoms with Crippen molar-refractivity contribution < 1.29 is 27.9 Å². The minimum Gasteiger partial charge on any atom is -0.480 e. The Kier molecular flexibility index (Phi) is 5.65. The molecule has 0 spiro atoms. The summed E-state index contributed by atoms with van der Waals surface area (Å²) >= 11 is 0. The quantitative estimate of drug-likeness (QED) is 0.602. The number of esters is 1. The minimum atomic E-state index is -3.82. The smallest absolute Gasteiger partial charge is 0.325 e. The Labute approximate surface area is 115 Å². The van der Waals surface area contributed by atoms with Crippen LogP contribution in [0.15, 0.2) is 17.3 Å². The van der Waals surface area contributed by atoms with Crippen LogP contribution in [-0.4, -0.2) is 48.4 Å². The SMILES string of the molecule is CCOC(=O)CCNS(=O)(=O)c1cnn(CC(=O)O)c1. The number of hydrogen-bond acceptors (Lipinski definition) is 6. The molecule has 0 saturated heterocycles. The zero-order valence-electron chi connectivity index (χ0n) is 10.8. The molecule has 112 valence electrons. The van der Waals surface area contributed by atoms with Crippen LogP contribution in [0.4, 0.5) is 0 Å². The lowest BCUT2D eigenvalue weighted by atomic mass is 10.4. The van der Waals surface area contributed by atoms with Crippen LogP contribution in [0.2, 0.25) is 0 Å². The van der Waals surface area contributed by atoms with Crippen molar-refractivity contribution in [2.24, 2.45) is 0 Å². The van der Waals surface area contributed by atoms with Gasteiger partial charge >= 0.3 is 11.9 Å². The van der Waals surface area contributed by atoms with Gasteiger partial charge in [0.25, 0.3) is 0 Å². The van der Waals surface area contributed by atoms with E-state index < -0.39 is 28.5 Å². The number of ether oxygens (including phenoxy) is 1. The standard InChI is InChI=1S/C10H15N3O6S/c1-2-19-10(16)3-4-12-20(17,18)8-5-11-13(6-8)7-9(14)15/h5-6,12H,2-4,7H2,1H3,(H,14,15). The molecule has 0 amide bonds. The van der Waals surface area contributed by atoms with Crippen molar-refractivity contribution in [2.75, 3.05) is 13.2 Å². The van der Waals surface area contributed by atoms with Crippen LogP contribution < -0.4 is 4.72 Å². The Morgan fingerprint density at radius 2 is 2.20 bits per heavy atom. The van der Waals surface area contributed by atoms with E-state index in [1.807, 2.05) is 0 Å². The summed E-state index contributed by atoms with van der Waals surface area (Å²) in [7, 11) is -3.82. The first-order valence-electron chi connectivity index (χ1n) is 5.74. The molecule has 2 N–H and O–H groups in total. The minimum absolute atomic E-state index is 0.0870.